The van der Waals surface area contributed by atoms with Gasteiger partial charge >= 0.3 is 0 Å². The zero-order valence-corrected chi connectivity index (χ0v) is 41.9. The minimum atomic E-state index is -0.0918. The number of nitrogen functional groups attached to an aromatic ring is 1. The van der Waals surface area contributed by atoms with Gasteiger partial charge in [0, 0.05) is 56.5 Å². The van der Waals surface area contributed by atoms with Crippen molar-refractivity contribution in [2.45, 2.75) is 130 Å². The van der Waals surface area contributed by atoms with Crippen molar-refractivity contribution in [3.63, 3.8) is 0 Å². The SMILES string of the molecule is Cc1cc2c3c(c1)N(c1ccc(C(C)(C)C)cc1-c1ccccc1)c1ccc(C(C)(C)C)cc1B3c1ccc(N3c4ccc(N)cc4C4(C)CCCC34C)cc1N2c1ccc(C(C)(C)C)cc1. The number of benzene rings is 7. The van der Waals surface area contributed by atoms with Crippen molar-refractivity contribution in [1.29, 1.82) is 0 Å². The van der Waals surface area contributed by atoms with E-state index in [-0.39, 0.29) is 33.9 Å². The molecule has 0 amide bonds. The molecule has 0 aromatic heterocycles. The number of aryl methyl sites for hydroxylation is 1. The van der Waals surface area contributed by atoms with Gasteiger partial charge in [-0.25, -0.2) is 0 Å². The van der Waals surface area contributed by atoms with Gasteiger partial charge in [0.05, 0.1) is 11.2 Å². The molecule has 0 bridgehead atoms. The molecule has 11 rings (SSSR count). The van der Waals surface area contributed by atoms with Crippen molar-refractivity contribution in [1.82, 2.24) is 0 Å². The molecule has 1 fully saturated rings. The second-order valence-corrected chi connectivity index (χ2v) is 23.8. The number of nitrogens with two attached hydrogens (primary N) is 1. The molecule has 2 atom stereocenters. The smallest absolute Gasteiger partial charge is 0.252 e. The lowest BCUT2D eigenvalue weighted by atomic mass is 9.33. The molecule has 4 aliphatic rings. The van der Waals surface area contributed by atoms with Crippen LogP contribution < -0.4 is 36.8 Å². The van der Waals surface area contributed by atoms with Crippen molar-refractivity contribution in [2.24, 2.45) is 0 Å². The molecule has 7 aromatic rings. The summed E-state index contributed by atoms with van der Waals surface area (Å²) in [5, 5.41) is 0. The lowest BCUT2D eigenvalue weighted by Crippen LogP contribution is -2.61. The van der Waals surface area contributed by atoms with Gasteiger partial charge < -0.3 is 20.4 Å². The monoisotopic (exact) mass is 879 g/mol. The Kier molecular flexibility index (Phi) is 9.49. The van der Waals surface area contributed by atoms with E-state index in [2.05, 4.69) is 237 Å². The first kappa shape index (κ1) is 43.4. The highest BCUT2D eigenvalue weighted by Crippen LogP contribution is 2.63. The molecule has 2 unspecified atom stereocenters. The van der Waals surface area contributed by atoms with E-state index in [1.807, 2.05) is 0 Å². The summed E-state index contributed by atoms with van der Waals surface area (Å²) in [5.74, 6) is 0. The highest BCUT2D eigenvalue weighted by atomic mass is 15.3. The first-order valence-corrected chi connectivity index (χ1v) is 24.7. The minimum absolute atomic E-state index is 0.000294. The highest BCUT2D eigenvalue weighted by molar-refractivity contribution is 7.00. The molecule has 1 saturated carbocycles. The third kappa shape index (κ3) is 6.54. The Labute approximate surface area is 400 Å². The fraction of sp³-hybridized carbons (Fsp3) is 0.323. The average molecular weight is 879 g/mol. The molecule has 0 radical (unpaired) electrons. The zero-order valence-electron chi connectivity index (χ0n) is 41.9. The van der Waals surface area contributed by atoms with Gasteiger partial charge in [0.15, 0.2) is 0 Å². The van der Waals surface area contributed by atoms with Crippen LogP contribution in [0, 0.1) is 6.92 Å². The van der Waals surface area contributed by atoms with Crippen LogP contribution in [0.2, 0.25) is 0 Å². The number of anilines is 9. The van der Waals surface area contributed by atoms with E-state index in [9.17, 15) is 0 Å². The largest absolute Gasteiger partial charge is 0.399 e. The molecular formula is C62H67BN4. The van der Waals surface area contributed by atoms with Crippen molar-refractivity contribution in [2.75, 3.05) is 20.4 Å². The maximum atomic E-state index is 6.57. The summed E-state index contributed by atoms with van der Waals surface area (Å²) in [5.41, 5.74) is 30.2. The summed E-state index contributed by atoms with van der Waals surface area (Å²) in [4.78, 5) is 7.89. The molecule has 5 heteroatoms. The van der Waals surface area contributed by atoms with Gasteiger partial charge in [0.1, 0.15) is 0 Å². The van der Waals surface area contributed by atoms with E-state index >= 15 is 0 Å². The summed E-state index contributed by atoms with van der Waals surface area (Å²) in [7, 11) is 0. The third-order valence-corrected chi connectivity index (χ3v) is 16.4. The summed E-state index contributed by atoms with van der Waals surface area (Å²) in [6.07, 6.45) is 3.47. The van der Waals surface area contributed by atoms with E-state index < -0.39 is 0 Å². The van der Waals surface area contributed by atoms with Gasteiger partial charge in [-0.3, -0.25) is 0 Å². The number of hydrogen-bond donors (Lipinski definition) is 1. The van der Waals surface area contributed by atoms with E-state index in [0.29, 0.717) is 0 Å². The summed E-state index contributed by atoms with van der Waals surface area (Å²) in [6, 6.07) is 54.0. The van der Waals surface area contributed by atoms with Crippen LogP contribution in [-0.4, -0.2) is 12.3 Å². The normalized spacial score (nSPS) is 19.5. The molecule has 0 saturated heterocycles. The van der Waals surface area contributed by atoms with E-state index in [0.717, 1.165) is 18.5 Å². The Morgan fingerprint density at radius 1 is 0.507 bits per heavy atom. The molecule has 0 spiro atoms. The van der Waals surface area contributed by atoms with Crippen LogP contribution in [-0.2, 0) is 21.7 Å². The molecule has 3 aliphatic heterocycles. The Balaban J connectivity index is 1.21. The molecule has 2 N–H and O–H groups in total. The predicted molar refractivity (Wildman–Crippen MR) is 289 cm³/mol. The molecule has 338 valence electrons. The minimum Gasteiger partial charge on any atom is -0.399 e. The first-order valence-electron chi connectivity index (χ1n) is 24.7. The lowest BCUT2D eigenvalue weighted by molar-refractivity contribution is 0.330. The fourth-order valence-corrected chi connectivity index (χ4v) is 12.4. The topological polar surface area (TPSA) is 35.7 Å². The fourth-order valence-electron chi connectivity index (χ4n) is 12.4. The standard InChI is InChI=1S/C62H67BN4/c1-39-33-55-57-56(34-39)66(51-28-21-42(59(5,6)7)35-47(51)40-17-14-13-15-18-40)53-29-22-43(60(8,9)10)36-50(53)63(57)49-27-26-46(38-54(49)65(55)45-24-19-41(20-25-45)58(2,3)4)67-52-30-23-44(64)37-48(52)61(11)31-16-32-62(61,67)12/h13-15,17-30,33-38H,16,31-32,64H2,1-12H3. The molecule has 4 nitrogen and oxygen atoms in total. The lowest BCUT2D eigenvalue weighted by Gasteiger charge is -2.46. The van der Waals surface area contributed by atoms with Crippen LogP contribution >= 0.6 is 0 Å². The maximum Gasteiger partial charge on any atom is 0.252 e. The summed E-state index contributed by atoms with van der Waals surface area (Å²) >= 11 is 0. The second kappa shape index (κ2) is 14.7. The van der Waals surface area contributed by atoms with Gasteiger partial charge in [-0.1, -0.05) is 142 Å². The number of rotatable bonds is 4. The van der Waals surface area contributed by atoms with E-state index in [1.54, 1.807) is 0 Å². The van der Waals surface area contributed by atoms with Crippen LogP contribution in [0.5, 0.6) is 0 Å². The average Bonchev–Trinajstić information content (AvgIpc) is 3.68. The van der Waals surface area contributed by atoms with Crippen molar-refractivity contribution >= 4 is 74.3 Å². The number of nitrogens with zero attached hydrogens (tertiary/aromatic N) is 3. The molecule has 1 aliphatic carbocycles. The molecule has 3 heterocycles. The van der Waals surface area contributed by atoms with Gasteiger partial charge in [-0.05, 0) is 165 Å². The van der Waals surface area contributed by atoms with Crippen molar-refractivity contribution in [3.8, 4) is 11.1 Å². The second-order valence-electron chi connectivity index (χ2n) is 23.8. The van der Waals surface area contributed by atoms with E-state index in [1.165, 1.54) is 107 Å². The predicted octanol–water partition coefficient (Wildman–Crippen LogP) is 14.6. The Morgan fingerprint density at radius 3 is 1.78 bits per heavy atom. The highest BCUT2D eigenvalue weighted by Gasteiger charge is 2.59. The van der Waals surface area contributed by atoms with Crippen LogP contribution in [0.1, 0.15) is 123 Å². The Bertz CT molecular complexity index is 3130. The maximum absolute atomic E-state index is 6.57. The third-order valence-electron chi connectivity index (χ3n) is 16.4. The van der Waals surface area contributed by atoms with Gasteiger partial charge in [0.2, 0.25) is 0 Å². The van der Waals surface area contributed by atoms with Gasteiger partial charge in [-0.2, -0.15) is 0 Å². The van der Waals surface area contributed by atoms with Crippen molar-refractivity contribution in [3.05, 3.63) is 167 Å². The summed E-state index contributed by atoms with van der Waals surface area (Å²) in [6.45, 7) is 28.2. The number of fused-ring (bicyclic) bond motifs is 7. The molecular weight excluding hydrogens is 812 g/mol. The Hall–Kier alpha value is -6.20. The summed E-state index contributed by atoms with van der Waals surface area (Å²) < 4.78 is 0. The van der Waals surface area contributed by atoms with Crippen LogP contribution in [0.25, 0.3) is 11.1 Å². The molecule has 7 aromatic carbocycles. The van der Waals surface area contributed by atoms with Crippen molar-refractivity contribution < 1.29 is 0 Å². The van der Waals surface area contributed by atoms with Crippen LogP contribution in [0.4, 0.5) is 51.2 Å². The Morgan fingerprint density at radius 2 is 1.10 bits per heavy atom. The quantitative estimate of drug-likeness (QED) is 0.141. The zero-order chi connectivity index (χ0) is 47.2. The van der Waals surface area contributed by atoms with E-state index in [4.69, 9.17) is 5.73 Å². The van der Waals surface area contributed by atoms with Crippen LogP contribution in [0.3, 0.4) is 0 Å². The first-order chi connectivity index (χ1) is 31.7. The van der Waals surface area contributed by atoms with Gasteiger partial charge in [-0.15, -0.1) is 0 Å². The molecule has 67 heavy (non-hydrogen) atoms. The van der Waals surface area contributed by atoms with Crippen LogP contribution in [0.15, 0.2) is 140 Å². The van der Waals surface area contributed by atoms with Gasteiger partial charge in [0.25, 0.3) is 6.71 Å². The number of hydrogen-bond acceptors (Lipinski definition) is 4.